The predicted molar refractivity (Wildman–Crippen MR) is 48.3 cm³/mol. The number of nitrogens with one attached hydrogen (secondary N) is 1. The van der Waals surface area contributed by atoms with Crippen molar-refractivity contribution in [1.82, 2.24) is 9.88 Å². The summed E-state index contributed by atoms with van der Waals surface area (Å²) < 4.78 is 1.87. The number of aromatic nitrogens is 1. The molecule has 0 amide bonds. The summed E-state index contributed by atoms with van der Waals surface area (Å²) >= 11 is 0. The van der Waals surface area contributed by atoms with Crippen LogP contribution in [0.1, 0.15) is 17.3 Å². The molecule has 0 unspecified atom stereocenters. The van der Waals surface area contributed by atoms with Gasteiger partial charge in [-0.1, -0.05) is 6.92 Å². The van der Waals surface area contributed by atoms with Crippen LogP contribution in [0.5, 0.6) is 0 Å². The SMILES string of the molecule is CCNCC(=O)c1ccn(C)c1. The van der Waals surface area contributed by atoms with Crippen LogP contribution >= 0.6 is 0 Å². The Morgan fingerprint density at radius 2 is 2.42 bits per heavy atom. The van der Waals surface area contributed by atoms with Gasteiger partial charge in [-0.05, 0) is 12.6 Å². The molecule has 66 valence electrons. The monoisotopic (exact) mass is 166 g/mol. The van der Waals surface area contributed by atoms with E-state index in [9.17, 15) is 4.79 Å². The van der Waals surface area contributed by atoms with Crippen LogP contribution < -0.4 is 5.32 Å². The number of Topliss-reactive ketones (excluding diaryl/α,β-unsaturated/α-hetero) is 1. The zero-order valence-corrected chi connectivity index (χ0v) is 7.50. The van der Waals surface area contributed by atoms with Crippen molar-refractivity contribution in [3.63, 3.8) is 0 Å². The molecule has 0 atom stereocenters. The van der Waals surface area contributed by atoms with Crippen LogP contribution in [0.3, 0.4) is 0 Å². The summed E-state index contributed by atoms with van der Waals surface area (Å²) in [5.74, 6) is 0.150. The first-order chi connectivity index (χ1) is 5.74. The zero-order chi connectivity index (χ0) is 8.97. The number of carbonyl (C=O) groups excluding carboxylic acids is 1. The Balaban J connectivity index is 2.53. The molecule has 1 N–H and O–H groups in total. The lowest BCUT2D eigenvalue weighted by Crippen LogP contribution is -2.22. The van der Waals surface area contributed by atoms with Gasteiger partial charge < -0.3 is 9.88 Å². The second-order valence-electron chi connectivity index (χ2n) is 2.77. The fraction of sp³-hybridized carbons (Fsp3) is 0.444. The standard InChI is InChI=1S/C9H14N2O/c1-3-10-6-9(12)8-4-5-11(2)7-8/h4-5,7,10H,3,6H2,1-2H3. The van der Waals surface area contributed by atoms with E-state index < -0.39 is 0 Å². The van der Waals surface area contributed by atoms with Gasteiger partial charge >= 0.3 is 0 Å². The lowest BCUT2D eigenvalue weighted by Gasteiger charge is -1.97. The highest BCUT2D eigenvalue weighted by Crippen LogP contribution is 1.99. The van der Waals surface area contributed by atoms with Crippen LogP contribution in [-0.4, -0.2) is 23.4 Å². The van der Waals surface area contributed by atoms with Gasteiger partial charge in [-0.2, -0.15) is 0 Å². The molecule has 0 aromatic carbocycles. The molecule has 0 aliphatic carbocycles. The van der Waals surface area contributed by atoms with E-state index in [1.165, 1.54) is 0 Å². The third-order valence-corrected chi connectivity index (χ3v) is 1.69. The van der Waals surface area contributed by atoms with E-state index in [1.54, 1.807) is 0 Å². The van der Waals surface area contributed by atoms with E-state index >= 15 is 0 Å². The molecule has 0 aliphatic rings. The molecule has 0 radical (unpaired) electrons. The van der Waals surface area contributed by atoms with Gasteiger partial charge in [0.1, 0.15) is 0 Å². The lowest BCUT2D eigenvalue weighted by atomic mass is 10.2. The number of hydrogen-bond donors (Lipinski definition) is 1. The number of hydrogen-bond acceptors (Lipinski definition) is 2. The number of ketones is 1. The van der Waals surface area contributed by atoms with Crippen LogP contribution in [-0.2, 0) is 7.05 Å². The van der Waals surface area contributed by atoms with Crippen molar-refractivity contribution >= 4 is 5.78 Å². The van der Waals surface area contributed by atoms with Gasteiger partial charge in [0.2, 0.25) is 0 Å². The van der Waals surface area contributed by atoms with E-state index in [0.717, 1.165) is 12.1 Å². The molecule has 0 saturated carbocycles. The van der Waals surface area contributed by atoms with E-state index in [-0.39, 0.29) is 5.78 Å². The van der Waals surface area contributed by atoms with Crippen molar-refractivity contribution in [3.8, 4) is 0 Å². The highest BCUT2D eigenvalue weighted by molar-refractivity contribution is 5.97. The van der Waals surface area contributed by atoms with Gasteiger partial charge in [-0.15, -0.1) is 0 Å². The van der Waals surface area contributed by atoms with Crippen molar-refractivity contribution < 1.29 is 4.79 Å². The average Bonchev–Trinajstić information content (AvgIpc) is 2.47. The summed E-state index contributed by atoms with van der Waals surface area (Å²) in [6.45, 7) is 3.25. The van der Waals surface area contributed by atoms with Gasteiger partial charge in [-0.3, -0.25) is 4.79 Å². The second-order valence-corrected chi connectivity index (χ2v) is 2.77. The summed E-state index contributed by atoms with van der Waals surface area (Å²) in [5, 5.41) is 3.00. The predicted octanol–water partition coefficient (Wildman–Crippen LogP) is 0.817. The Kier molecular flexibility index (Phi) is 3.05. The molecule has 1 rings (SSSR count). The quantitative estimate of drug-likeness (QED) is 0.672. The van der Waals surface area contributed by atoms with E-state index in [0.29, 0.717) is 6.54 Å². The van der Waals surface area contributed by atoms with Gasteiger partial charge in [-0.25, -0.2) is 0 Å². The molecule has 3 nitrogen and oxygen atoms in total. The maximum atomic E-state index is 11.3. The Morgan fingerprint density at radius 1 is 1.67 bits per heavy atom. The van der Waals surface area contributed by atoms with Gasteiger partial charge in [0.15, 0.2) is 5.78 Å². The molecule has 1 aromatic heterocycles. The molecule has 1 heterocycles. The fourth-order valence-corrected chi connectivity index (χ4v) is 1.01. The molecule has 3 heteroatoms. The topological polar surface area (TPSA) is 34.0 Å². The Morgan fingerprint density at radius 3 is 2.92 bits per heavy atom. The van der Waals surface area contributed by atoms with Crippen molar-refractivity contribution in [3.05, 3.63) is 24.0 Å². The molecule has 12 heavy (non-hydrogen) atoms. The molecule has 1 aromatic rings. The van der Waals surface area contributed by atoms with Crippen molar-refractivity contribution in [2.45, 2.75) is 6.92 Å². The maximum absolute atomic E-state index is 11.3. The molecule has 0 fully saturated rings. The largest absolute Gasteiger partial charge is 0.357 e. The van der Waals surface area contributed by atoms with E-state index in [1.807, 2.05) is 37.0 Å². The normalized spacial score (nSPS) is 10.2. The number of carbonyl (C=O) groups is 1. The first-order valence-electron chi connectivity index (χ1n) is 4.10. The molecule has 0 aliphatic heterocycles. The third-order valence-electron chi connectivity index (χ3n) is 1.69. The zero-order valence-electron chi connectivity index (χ0n) is 7.50. The smallest absolute Gasteiger partial charge is 0.178 e. The fourth-order valence-electron chi connectivity index (χ4n) is 1.01. The number of aryl methyl sites for hydroxylation is 1. The molecular formula is C9H14N2O. The summed E-state index contributed by atoms with van der Waals surface area (Å²) in [6, 6.07) is 1.83. The number of likely N-dealkylation sites (N-methyl/N-ethyl adjacent to an activating group) is 1. The van der Waals surface area contributed by atoms with Crippen LogP contribution in [0.15, 0.2) is 18.5 Å². The minimum Gasteiger partial charge on any atom is -0.357 e. The van der Waals surface area contributed by atoms with Crippen molar-refractivity contribution in [1.29, 1.82) is 0 Å². The van der Waals surface area contributed by atoms with Gasteiger partial charge in [0.05, 0.1) is 6.54 Å². The highest BCUT2D eigenvalue weighted by atomic mass is 16.1. The van der Waals surface area contributed by atoms with Gasteiger partial charge in [0, 0.05) is 25.0 Å². The first-order valence-corrected chi connectivity index (χ1v) is 4.10. The summed E-state index contributed by atoms with van der Waals surface area (Å²) in [7, 11) is 1.91. The molecule has 0 saturated heterocycles. The van der Waals surface area contributed by atoms with Crippen LogP contribution in [0.2, 0.25) is 0 Å². The summed E-state index contributed by atoms with van der Waals surface area (Å²) in [4.78, 5) is 11.3. The number of rotatable bonds is 4. The second kappa shape index (κ2) is 4.07. The van der Waals surface area contributed by atoms with Crippen LogP contribution in [0.4, 0.5) is 0 Å². The van der Waals surface area contributed by atoms with Gasteiger partial charge in [0.25, 0.3) is 0 Å². The Bertz CT molecular complexity index is 265. The maximum Gasteiger partial charge on any atom is 0.178 e. The first kappa shape index (κ1) is 9.00. The summed E-state index contributed by atoms with van der Waals surface area (Å²) in [6.07, 6.45) is 3.71. The minimum atomic E-state index is 0.150. The van der Waals surface area contributed by atoms with Crippen molar-refractivity contribution in [2.24, 2.45) is 7.05 Å². The van der Waals surface area contributed by atoms with E-state index in [4.69, 9.17) is 0 Å². The van der Waals surface area contributed by atoms with Crippen molar-refractivity contribution in [2.75, 3.05) is 13.1 Å². The molecular weight excluding hydrogens is 152 g/mol. The number of nitrogens with zero attached hydrogens (tertiary/aromatic N) is 1. The van der Waals surface area contributed by atoms with Crippen LogP contribution in [0.25, 0.3) is 0 Å². The molecule has 0 bridgehead atoms. The Hall–Kier alpha value is -1.09. The van der Waals surface area contributed by atoms with E-state index in [2.05, 4.69) is 5.32 Å². The minimum absolute atomic E-state index is 0.150. The summed E-state index contributed by atoms with van der Waals surface area (Å²) in [5.41, 5.74) is 0.776. The molecule has 0 spiro atoms. The average molecular weight is 166 g/mol. The third kappa shape index (κ3) is 2.20. The Labute approximate surface area is 72.4 Å². The van der Waals surface area contributed by atoms with Crippen LogP contribution in [0, 0.1) is 0 Å². The highest BCUT2D eigenvalue weighted by Gasteiger charge is 2.04. The lowest BCUT2D eigenvalue weighted by molar-refractivity contribution is 0.0992.